The Morgan fingerprint density at radius 2 is 1.76 bits per heavy atom. The zero-order valence-electron chi connectivity index (χ0n) is 14.0. The molecule has 4 heteroatoms. The van der Waals surface area contributed by atoms with Crippen molar-refractivity contribution in [2.45, 2.75) is 83.8 Å². The fraction of sp³-hybridized carbons (Fsp3) is 0.941. The molecular formula is C17H33N3O. The molecule has 0 aliphatic heterocycles. The minimum absolute atomic E-state index is 0.493. The van der Waals surface area contributed by atoms with Crippen molar-refractivity contribution in [2.24, 2.45) is 10.4 Å². The van der Waals surface area contributed by atoms with Gasteiger partial charge < -0.3 is 15.7 Å². The fourth-order valence-electron chi connectivity index (χ4n) is 3.47. The van der Waals surface area contributed by atoms with E-state index in [1.165, 1.54) is 25.7 Å². The fourth-order valence-corrected chi connectivity index (χ4v) is 3.47. The topological polar surface area (TPSA) is 56.7 Å². The van der Waals surface area contributed by atoms with Gasteiger partial charge in [-0.25, -0.2) is 0 Å². The first-order chi connectivity index (χ1) is 9.92. The quantitative estimate of drug-likeness (QED) is 0.552. The van der Waals surface area contributed by atoms with Gasteiger partial charge in [-0.1, -0.05) is 26.7 Å². The van der Waals surface area contributed by atoms with Crippen LogP contribution in [0.1, 0.15) is 72.1 Å². The van der Waals surface area contributed by atoms with Crippen LogP contribution in [0.25, 0.3) is 0 Å². The summed E-state index contributed by atoms with van der Waals surface area (Å²) in [4.78, 5) is 4.64. The van der Waals surface area contributed by atoms with Crippen LogP contribution >= 0.6 is 0 Å². The van der Waals surface area contributed by atoms with Crippen LogP contribution < -0.4 is 10.6 Å². The van der Waals surface area contributed by atoms with E-state index < -0.39 is 5.60 Å². The molecule has 2 aliphatic rings. The summed E-state index contributed by atoms with van der Waals surface area (Å²) in [5.74, 6) is 0.877. The molecule has 21 heavy (non-hydrogen) atoms. The highest BCUT2D eigenvalue weighted by molar-refractivity contribution is 5.80. The highest BCUT2D eigenvalue weighted by atomic mass is 16.3. The van der Waals surface area contributed by atoms with Crippen LogP contribution in [0.5, 0.6) is 0 Å². The first kappa shape index (κ1) is 16.6. The second-order valence-corrected chi connectivity index (χ2v) is 7.71. The molecule has 2 fully saturated rings. The third kappa shape index (κ3) is 5.17. The third-order valence-corrected chi connectivity index (χ3v) is 5.09. The average molecular weight is 295 g/mol. The monoisotopic (exact) mass is 295 g/mol. The summed E-state index contributed by atoms with van der Waals surface area (Å²) < 4.78 is 0. The summed E-state index contributed by atoms with van der Waals surface area (Å²) in [6, 6.07) is 0.522. The molecule has 0 saturated heterocycles. The van der Waals surface area contributed by atoms with Crippen LogP contribution in [-0.4, -0.2) is 35.8 Å². The lowest BCUT2D eigenvalue weighted by Gasteiger charge is -2.35. The van der Waals surface area contributed by atoms with Gasteiger partial charge in [0.2, 0.25) is 0 Å². The molecular weight excluding hydrogens is 262 g/mol. The first-order valence-corrected chi connectivity index (χ1v) is 8.70. The Balaban J connectivity index is 1.86. The Kier molecular flexibility index (Phi) is 5.53. The highest BCUT2D eigenvalue weighted by Crippen LogP contribution is 2.35. The summed E-state index contributed by atoms with van der Waals surface area (Å²) in [6.07, 6.45) is 9.02. The number of hydrogen-bond acceptors (Lipinski definition) is 2. The van der Waals surface area contributed by atoms with Gasteiger partial charge in [0, 0.05) is 12.6 Å². The van der Waals surface area contributed by atoms with Gasteiger partial charge in [-0.05, 0) is 50.9 Å². The zero-order valence-corrected chi connectivity index (χ0v) is 14.0. The number of aliphatic hydroxyl groups is 1. The van der Waals surface area contributed by atoms with Crippen molar-refractivity contribution in [3.05, 3.63) is 0 Å². The molecule has 2 rings (SSSR count). The summed E-state index contributed by atoms with van der Waals surface area (Å²) in [6.45, 7) is 8.20. The Bertz CT molecular complexity index is 349. The van der Waals surface area contributed by atoms with Gasteiger partial charge in [0.15, 0.2) is 5.96 Å². The van der Waals surface area contributed by atoms with E-state index >= 15 is 0 Å². The lowest BCUT2D eigenvalue weighted by molar-refractivity contribution is 0.0574. The van der Waals surface area contributed by atoms with Crippen molar-refractivity contribution < 1.29 is 5.11 Å². The number of hydrogen-bond donors (Lipinski definition) is 3. The van der Waals surface area contributed by atoms with Crippen molar-refractivity contribution in [1.82, 2.24) is 10.6 Å². The second-order valence-electron chi connectivity index (χ2n) is 7.71. The summed E-state index contributed by atoms with van der Waals surface area (Å²) in [7, 11) is 0. The van der Waals surface area contributed by atoms with Crippen LogP contribution in [0.3, 0.4) is 0 Å². The second kappa shape index (κ2) is 6.99. The molecule has 0 bridgehead atoms. The van der Waals surface area contributed by atoms with Crippen LogP contribution in [-0.2, 0) is 0 Å². The number of nitrogens with one attached hydrogen (secondary N) is 2. The van der Waals surface area contributed by atoms with Gasteiger partial charge in [-0.3, -0.25) is 4.99 Å². The number of guanidine groups is 1. The summed E-state index contributed by atoms with van der Waals surface area (Å²) >= 11 is 0. The van der Waals surface area contributed by atoms with Crippen molar-refractivity contribution in [1.29, 1.82) is 0 Å². The molecule has 0 heterocycles. The predicted molar refractivity (Wildman–Crippen MR) is 88.6 cm³/mol. The average Bonchev–Trinajstić information content (AvgIpc) is 2.86. The molecule has 0 aromatic heterocycles. The van der Waals surface area contributed by atoms with Gasteiger partial charge in [-0.2, -0.15) is 0 Å². The van der Waals surface area contributed by atoms with Crippen LogP contribution in [0, 0.1) is 5.41 Å². The molecule has 2 aliphatic carbocycles. The minimum Gasteiger partial charge on any atom is -0.388 e. The first-order valence-electron chi connectivity index (χ1n) is 8.70. The van der Waals surface area contributed by atoms with Crippen LogP contribution in [0.4, 0.5) is 0 Å². The molecule has 0 radical (unpaired) electrons. The highest BCUT2D eigenvalue weighted by Gasteiger charge is 2.31. The van der Waals surface area contributed by atoms with Gasteiger partial charge in [0.25, 0.3) is 0 Å². The molecule has 0 atom stereocenters. The van der Waals surface area contributed by atoms with Gasteiger partial charge >= 0.3 is 0 Å². The SMILES string of the molecule is CCNC(=NCC1(O)CCCC1)NC1CCC(C)(C)CC1. The number of nitrogens with zero attached hydrogens (tertiary/aromatic N) is 1. The van der Waals surface area contributed by atoms with E-state index in [0.29, 0.717) is 18.0 Å². The summed E-state index contributed by atoms with van der Waals surface area (Å²) in [5.41, 5.74) is -0.0659. The maximum atomic E-state index is 10.4. The molecule has 122 valence electrons. The van der Waals surface area contributed by atoms with E-state index in [4.69, 9.17) is 0 Å². The molecule has 0 aromatic rings. The molecule has 0 aromatic carbocycles. The van der Waals surface area contributed by atoms with E-state index in [2.05, 4.69) is 36.4 Å². The minimum atomic E-state index is -0.559. The molecule has 0 unspecified atom stereocenters. The zero-order chi connectivity index (χ0) is 15.3. The lowest BCUT2D eigenvalue weighted by atomic mass is 9.75. The van der Waals surface area contributed by atoms with Crippen LogP contribution in [0.2, 0.25) is 0 Å². The Hall–Kier alpha value is -0.770. The molecule has 2 saturated carbocycles. The summed E-state index contributed by atoms with van der Waals surface area (Å²) in [5, 5.41) is 17.3. The van der Waals surface area contributed by atoms with E-state index in [1.54, 1.807) is 0 Å². The van der Waals surface area contributed by atoms with Crippen molar-refractivity contribution >= 4 is 5.96 Å². The molecule has 3 N–H and O–H groups in total. The molecule has 0 spiro atoms. The molecule has 0 amide bonds. The number of rotatable bonds is 4. The normalized spacial score (nSPS) is 25.8. The Morgan fingerprint density at radius 1 is 1.14 bits per heavy atom. The lowest BCUT2D eigenvalue weighted by Crippen LogP contribution is -2.46. The van der Waals surface area contributed by atoms with Gasteiger partial charge in [-0.15, -0.1) is 0 Å². The predicted octanol–water partition coefficient (Wildman–Crippen LogP) is 2.82. The largest absolute Gasteiger partial charge is 0.388 e. The number of aliphatic imine (C=N–C) groups is 1. The Labute approximate surface area is 129 Å². The van der Waals surface area contributed by atoms with E-state index in [-0.39, 0.29) is 0 Å². The third-order valence-electron chi connectivity index (χ3n) is 5.09. The van der Waals surface area contributed by atoms with E-state index in [1.807, 2.05) is 0 Å². The van der Waals surface area contributed by atoms with E-state index in [0.717, 1.165) is 38.2 Å². The van der Waals surface area contributed by atoms with Crippen molar-refractivity contribution in [3.8, 4) is 0 Å². The van der Waals surface area contributed by atoms with Crippen molar-refractivity contribution in [2.75, 3.05) is 13.1 Å². The standard InChI is InChI=1S/C17H33N3O/c1-4-18-15(19-13-17(21)9-5-6-10-17)20-14-7-11-16(2,3)12-8-14/h14,21H,4-13H2,1-3H3,(H2,18,19,20). The van der Waals surface area contributed by atoms with Crippen LogP contribution in [0.15, 0.2) is 4.99 Å². The maximum Gasteiger partial charge on any atom is 0.191 e. The Morgan fingerprint density at radius 3 is 2.33 bits per heavy atom. The maximum absolute atomic E-state index is 10.4. The smallest absolute Gasteiger partial charge is 0.191 e. The van der Waals surface area contributed by atoms with Crippen molar-refractivity contribution in [3.63, 3.8) is 0 Å². The van der Waals surface area contributed by atoms with Gasteiger partial charge in [0.05, 0.1) is 12.1 Å². The van der Waals surface area contributed by atoms with E-state index in [9.17, 15) is 5.11 Å². The van der Waals surface area contributed by atoms with Gasteiger partial charge in [0.1, 0.15) is 0 Å². The molecule has 4 nitrogen and oxygen atoms in total.